The number of hydrogen-bond acceptors (Lipinski definition) is 5. The van der Waals surface area contributed by atoms with Crippen LogP contribution >= 0.6 is 0 Å². The zero-order valence-corrected chi connectivity index (χ0v) is 17.4. The fourth-order valence-electron chi connectivity index (χ4n) is 2.72. The number of carboxylic acids is 1. The van der Waals surface area contributed by atoms with E-state index < -0.39 is 23.1 Å². The van der Waals surface area contributed by atoms with Crippen molar-refractivity contribution in [3.05, 3.63) is 63.3 Å². The molecule has 1 aromatic rings. The number of Topliss-reactive ketones (excluding diaryl/α,β-unsaturated/α-hetero) is 1. The third-order valence-corrected chi connectivity index (χ3v) is 4.41. The predicted octanol–water partition coefficient (Wildman–Crippen LogP) is 4.96. The van der Waals surface area contributed by atoms with E-state index in [2.05, 4.69) is 6.92 Å². The highest BCUT2D eigenvalue weighted by Crippen LogP contribution is 2.20. The lowest BCUT2D eigenvalue weighted by Gasteiger charge is -2.05. The Morgan fingerprint density at radius 3 is 2.48 bits per heavy atom. The number of carbonyl (C=O) groups excluding carboxylic acids is 1. The second kappa shape index (κ2) is 12.5. The van der Waals surface area contributed by atoms with Crippen molar-refractivity contribution >= 4 is 11.8 Å². The van der Waals surface area contributed by atoms with Crippen LogP contribution in [0.3, 0.4) is 0 Å². The lowest BCUT2D eigenvalue weighted by Crippen LogP contribution is -2.16. The van der Waals surface area contributed by atoms with Gasteiger partial charge in [-0.1, -0.05) is 43.6 Å². The number of carboxylic acid groups (broad SMARTS) is 1. The standard InChI is InChI=1S/C23H30O6/c1-4-5-7-10-16(2)13-14-17(3)22(27)21-19(24)15-18(29-23(21)28)11-8-6-9-12-20(25)26/h9,12-15,24H,4-8,10-11H2,1-3H3,(H,25,26)/b12-9+,16-13+,17-14+. The minimum absolute atomic E-state index is 0.251. The van der Waals surface area contributed by atoms with Crippen molar-refractivity contribution in [2.75, 3.05) is 0 Å². The van der Waals surface area contributed by atoms with Gasteiger partial charge in [0, 0.05) is 18.6 Å². The third kappa shape index (κ3) is 8.77. The molecule has 0 aromatic carbocycles. The number of ketones is 1. The molecular formula is C23H30O6. The Kier molecular flexibility index (Phi) is 10.4. The first-order valence-corrected chi connectivity index (χ1v) is 9.90. The normalized spacial score (nSPS) is 12.5. The first kappa shape index (κ1) is 24.1. The summed E-state index contributed by atoms with van der Waals surface area (Å²) in [4.78, 5) is 35.2. The van der Waals surface area contributed by atoms with Crippen LogP contribution in [0.2, 0.25) is 0 Å². The van der Waals surface area contributed by atoms with E-state index in [9.17, 15) is 19.5 Å². The average Bonchev–Trinajstić information content (AvgIpc) is 2.65. The van der Waals surface area contributed by atoms with Crippen molar-refractivity contribution < 1.29 is 24.2 Å². The fraction of sp³-hybridized carbons (Fsp3) is 0.435. The van der Waals surface area contributed by atoms with Crippen LogP contribution < -0.4 is 5.63 Å². The monoisotopic (exact) mass is 402 g/mol. The molecule has 158 valence electrons. The molecular weight excluding hydrogens is 372 g/mol. The number of unbranched alkanes of at least 4 members (excludes halogenated alkanes) is 3. The molecule has 0 spiro atoms. The van der Waals surface area contributed by atoms with Crippen LogP contribution in [0.4, 0.5) is 0 Å². The van der Waals surface area contributed by atoms with E-state index in [1.165, 1.54) is 12.1 Å². The predicted molar refractivity (Wildman–Crippen MR) is 112 cm³/mol. The van der Waals surface area contributed by atoms with Crippen LogP contribution in [-0.4, -0.2) is 22.0 Å². The molecule has 0 aliphatic heterocycles. The van der Waals surface area contributed by atoms with Gasteiger partial charge in [0.05, 0.1) is 0 Å². The maximum atomic E-state index is 12.6. The highest BCUT2D eigenvalue weighted by molar-refractivity contribution is 6.09. The summed E-state index contributed by atoms with van der Waals surface area (Å²) < 4.78 is 5.16. The topological polar surface area (TPSA) is 105 Å². The van der Waals surface area contributed by atoms with Crippen molar-refractivity contribution in [3.8, 4) is 5.75 Å². The van der Waals surface area contributed by atoms with Crippen molar-refractivity contribution in [1.29, 1.82) is 0 Å². The summed E-state index contributed by atoms with van der Waals surface area (Å²) in [6.45, 7) is 5.73. The van der Waals surface area contributed by atoms with Crippen molar-refractivity contribution in [3.63, 3.8) is 0 Å². The van der Waals surface area contributed by atoms with Crippen molar-refractivity contribution in [1.82, 2.24) is 0 Å². The van der Waals surface area contributed by atoms with Gasteiger partial charge in [-0.3, -0.25) is 4.79 Å². The van der Waals surface area contributed by atoms with Gasteiger partial charge in [0.15, 0.2) is 5.78 Å². The van der Waals surface area contributed by atoms with E-state index in [1.54, 1.807) is 13.0 Å². The summed E-state index contributed by atoms with van der Waals surface area (Å²) in [5, 5.41) is 18.7. The van der Waals surface area contributed by atoms with Crippen LogP contribution in [-0.2, 0) is 11.2 Å². The molecule has 6 nitrogen and oxygen atoms in total. The zero-order valence-electron chi connectivity index (χ0n) is 17.4. The highest BCUT2D eigenvalue weighted by Gasteiger charge is 2.20. The second-order valence-corrected chi connectivity index (χ2v) is 7.04. The molecule has 0 fully saturated rings. The van der Waals surface area contributed by atoms with Crippen molar-refractivity contribution in [2.24, 2.45) is 0 Å². The van der Waals surface area contributed by atoms with Gasteiger partial charge < -0.3 is 14.6 Å². The van der Waals surface area contributed by atoms with Gasteiger partial charge in [-0.15, -0.1) is 0 Å². The Labute approximate surface area is 171 Å². The molecule has 0 amide bonds. The number of rotatable bonds is 12. The molecule has 0 unspecified atom stereocenters. The number of aryl methyl sites for hydroxylation is 1. The Morgan fingerprint density at radius 1 is 1.14 bits per heavy atom. The Hall–Kier alpha value is -2.89. The number of carbonyl (C=O) groups is 2. The number of allylic oxidation sites excluding steroid dienone is 5. The lowest BCUT2D eigenvalue weighted by atomic mass is 10.0. The van der Waals surface area contributed by atoms with Crippen LogP contribution in [0.15, 0.2) is 50.7 Å². The first-order chi connectivity index (χ1) is 13.8. The van der Waals surface area contributed by atoms with Gasteiger partial charge in [0.2, 0.25) is 0 Å². The molecule has 6 heteroatoms. The largest absolute Gasteiger partial charge is 0.507 e. The van der Waals surface area contributed by atoms with Crippen LogP contribution in [0.1, 0.15) is 75.4 Å². The molecule has 2 N–H and O–H groups in total. The molecule has 1 heterocycles. The Morgan fingerprint density at radius 2 is 1.86 bits per heavy atom. The molecule has 29 heavy (non-hydrogen) atoms. The highest BCUT2D eigenvalue weighted by atomic mass is 16.4. The summed E-state index contributed by atoms with van der Waals surface area (Å²) in [5.74, 6) is -1.74. The van der Waals surface area contributed by atoms with E-state index in [0.717, 1.165) is 37.3 Å². The number of aliphatic carboxylic acids is 1. The molecule has 0 saturated carbocycles. The number of hydrogen-bond donors (Lipinski definition) is 2. The summed E-state index contributed by atoms with van der Waals surface area (Å²) in [5.41, 5.74) is 0.246. The molecule has 0 aliphatic carbocycles. The van der Waals surface area contributed by atoms with E-state index in [-0.39, 0.29) is 11.3 Å². The van der Waals surface area contributed by atoms with Crippen LogP contribution in [0.25, 0.3) is 0 Å². The maximum Gasteiger partial charge on any atom is 0.351 e. The minimum Gasteiger partial charge on any atom is -0.507 e. The summed E-state index contributed by atoms with van der Waals surface area (Å²) in [6, 6.07) is 1.27. The first-order valence-electron chi connectivity index (χ1n) is 9.90. The van der Waals surface area contributed by atoms with Gasteiger partial charge in [-0.05, 0) is 45.1 Å². The van der Waals surface area contributed by atoms with E-state index in [0.29, 0.717) is 24.8 Å². The lowest BCUT2D eigenvalue weighted by molar-refractivity contribution is -0.131. The Balaban J connectivity index is 2.83. The smallest absolute Gasteiger partial charge is 0.351 e. The molecule has 0 bridgehead atoms. The summed E-state index contributed by atoms with van der Waals surface area (Å²) in [7, 11) is 0. The SMILES string of the molecule is CCCCC/C(C)=C/C=C(\C)C(=O)c1c(O)cc(CCC/C=C/C(=O)O)oc1=O. The summed E-state index contributed by atoms with van der Waals surface area (Å²) >= 11 is 0. The van der Waals surface area contributed by atoms with Gasteiger partial charge >= 0.3 is 11.6 Å². The molecule has 1 aromatic heterocycles. The van der Waals surface area contributed by atoms with Crippen molar-refractivity contribution in [2.45, 2.75) is 65.7 Å². The van der Waals surface area contributed by atoms with E-state index in [1.807, 2.05) is 13.0 Å². The van der Waals surface area contributed by atoms with Crippen LogP contribution in [0, 0.1) is 0 Å². The molecule has 0 radical (unpaired) electrons. The van der Waals surface area contributed by atoms with E-state index >= 15 is 0 Å². The van der Waals surface area contributed by atoms with Gasteiger partial charge in [0.25, 0.3) is 0 Å². The second-order valence-electron chi connectivity index (χ2n) is 7.04. The molecule has 0 atom stereocenters. The average molecular weight is 402 g/mol. The van der Waals surface area contributed by atoms with Gasteiger partial charge in [0.1, 0.15) is 17.1 Å². The molecule has 1 rings (SSSR count). The fourth-order valence-corrected chi connectivity index (χ4v) is 2.72. The number of aromatic hydroxyl groups is 1. The van der Waals surface area contributed by atoms with Gasteiger partial charge in [-0.2, -0.15) is 0 Å². The van der Waals surface area contributed by atoms with E-state index in [4.69, 9.17) is 9.52 Å². The van der Waals surface area contributed by atoms with Crippen LogP contribution in [0.5, 0.6) is 5.75 Å². The summed E-state index contributed by atoms with van der Waals surface area (Å²) in [6.07, 6.45) is 11.8. The quantitative estimate of drug-likeness (QED) is 0.221. The molecule has 0 saturated heterocycles. The Bertz CT molecular complexity index is 855. The zero-order chi connectivity index (χ0) is 21.8. The third-order valence-electron chi connectivity index (χ3n) is 4.41. The molecule has 0 aliphatic rings. The minimum atomic E-state index is -1.02. The maximum absolute atomic E-state index is 12.6. The van der Waals surface area contributed by atoms with Gasteiger partial charge in [-0.25, -0.2) is 9.59 Å².